The highest BCUT2D eigenvalue weighted by Crippen LogP contribution is 2.28. The summed E-state index contributed by atoms with van der Waals surface area (Å²) in [7, 11) is 0. The van der Waals surface area contributed by atoms with Crippen molar-refractivity contribution in [2.24, 2.45) is 0 Å². The molecule has 4 aromatic rings. The number of fused-ring (bicyclic) bond motifs is 1. The van der Waals surface area contributed by atoms with Crippen molar-refractivity contribution in [2.75, 3.05) is 18.5 Å². The van der Waals surface area contributed by atoms with Crippen molar-refractivity contribution >= 4 is 27.4 Å². The third-order valence-electron chi connectivity index (χ3n) is 4.69. The first kappa shape index (κ1) is 18.4. The SMILES string of the molecule is Cc1csc2ncnc(NCCc3ccc(OCCc4ccccc4)cc3)c12. The van der Waals surface area contributed by atoms with Crippen LogP contribution in [0.3, 0.4) is 0 Å². The molecule has 0 spiro atoms. The fourth-order valence-electron chi connectivity index (χ4n) is 3.16. The zero-order valence-corrected chi connectivity index (χ0v) is 16.7. The summed E-state index contributed by atoms with van der Waals surface area (Å²) in [5.74, 6) is 1.84. The summed E-state index contributed by atoms with van der Waals surface area (Å²) in [6.07, 6.45) is 3.48. The molecule has 28 heavy (non-hydrogen) atoms. The second kappa shape index (κ2) is 8.85. The van der Waals surface area contributed by atoms with Crippen molar-refractivity contribution < 1.29 is 4.74 Å². The van der Waals surface area contributed by atoms with Crippen molar-refractivity contribution in [1.29, 1.82) is 0 Å². The van der Waals surface area contributed by atoms with Crippen molar-refractivity contribution in [2.45, 2.75) is 19.8 Å². The summed E-state index contributed by atoms with van der Waals surface area (Å²) in [6.45, 7) is 3.62. The molecule has 0 unspecified atom stereocenters. The fraction of sp³-hybridized carbons (Fsp3) is 0.217. The number of anilines is 1. The number of nitrogens with one attached hydrogen (secondary N) is 1. The van der Waals surface area contributed by atoms with E-state index in [-0.39, 0.29) is 0 Å². The van der Waals surface area contributed by atoms with Gasteiger partial charge in [0.25, 0.3) is 0 Å². The van der Waals surface area contributed by atoms with E-state index in [9.17, 15) is 0 Å². The summed E-state index contributed by atoms with van der Waals surface area (Å²) in [4.78, 5) is 9.78. The van der Waals surface area contributed by atoms with Gasteiger partial charge in [-0.15, -0.1) is 11.3 Å². The van der Waals surface area contributed by atoms with Crippen LogP contribution in [0.2, 0.25) is 0 Å². The van der Waals surface area contributed by atoms with Crippen molar-refractivity contribution in [3.8, 4) is 5.75 Å². The van der Waals surface area contributed by atoms with Gasteiger partial charge in [-0.05, 0) is 47.5 Å². The lowest BCUT2D eigenvalue weighted by Crippen LogP contribution is -2.07. The number of thiophene rings is 1. The molecule has 5 heteroatoms. The largest absolute Gasteiger partial charge is 0.493 e. The van der Waals surface area contributed by atoms with Gasteiger partial charge in [0.2, 0.25) is 0 Å². The monoisotopic (exact) mass is 389 g/mol. The van der Waals surface area contributed by atoms with Gasteiger partial charge in [-0.25, -0.2) is 9.97 Å². The molecular formula is C23H23N3OS. The highest BCUT2D eigenvalue weighted by molar-refractivity contribution is 7.17. The predicted octanol–water partition coefficient (Wildman–Crippen LogP) is 5.28. The van der Waals surface area contributed by atoms with Crippen LogP contribution < -0.4 is 10.1 Å². The molecule has 0 aliphatic rings. The van der Waals surface area contributed by atoms with Gasteiger partial charge in [-0.2, -0.15) is 0 Å². The quantitative estimate of drug-likeness (QED) is 0.446. The van der Waals surface area contributed by atoms with Crippen LogP contribution in [0.4, 0.5) is 5.82 Å². The minimum atomic E-state index is 0.689. The summed E-state index contributed by atoms with van der Waals surface area (Å²) < 4.78 is 5.86. The molecule has 1 N–H and O–H groups in total. The number of aromatic nitrogens is 2. The Labute approximate surface area is 169 Å². The van der Waals surface area contributed by atoms with E-state index < -0.39 is 0 Å². The number of benzene rings is 2. The van der Waals surface area contributed by atoms with Crippen molar-refractivity contribution in [3.63, 3.8) is 0 Å². The molecule has 4 rings (SSSR count). The van der Waals surface area contributed by atoms with Crippen LogP contribution >= 0.6 is 11.3 Å². The first-order chi connectivity index (χ1) is 13.8. The highest BCUT2D eigenvalue weighted by atomic mass is 32.1. The van der Waals surface area contributed by atoms with Gasteiger partial charge < -0.3 is 10.1 Å². The molecule has 2 heterocycles. The zero-order valence-electron chi connectivity index (χ0n) is 15.9. The van der Waals surface area contributed by atoms with E-state index in [2.05, 4.69) is 64.0 Å². The van der Waals surface area contributed by atoms with Gasteiger partial charge in [-0.3, -0.25) is 0 Å². The van der Waals surface area contributed by atoms with Crippen LogP contribution in [0.15, 0.2) is 66.3 Å². The Kier molecular flexibility index (Phi) is 5.83. The van der Waals surface area contributed by atoms with E-state index >= 15 is 0 Å². The van der Waals surface area contributed by atoms with Crippen molar-refractivity contribution in [1.82, 2.24) is 9.97 Å². The molecule has 0 saturated heterocycles. The molecule has 0 radical (unpaired) electrons. The lowest BCUT2D eigenvalue weighted by molar-refractivity contribution is 0.322. The van der Waals surface area contributed by atoms with E-state index in [0.717, 1.165) is 41.2 Å². The number of ether oxygens (including phenoxy) is 1. The molecule has 0 saturated carbocycles. The molecule has 0 bridgehead atoms. The minimum Gasteiger partial charge on any atom is -0.493 e. The van der Waals surface area contributed by atoms with Gasteiger partial charge >= 0.3 is 0 Å². The minimum absolute atomic E-state index is 0.689. The lowest BCUT2D eigenvalue weighted by Gasteiger charge is -2.09. The molecule has 0 fully saturated rings. The third kappa shape index (κ3) is 4.49. The highest BCUT2D eigenvalue weighted by Gasteiger charge is 2.08. The molecule has 142 valence electrons. The van der Waals surface area contributed by atoms with E-state index in [1.165, 1.54) is 16.7 Å². The van der Waals surface area contributed by atoms with Crippen LogP contribution in [-0.2, 0) is 12.8 Å². The topological polar surface area (TPSA) is 47.0 Å². The second-order valence-electron chi connectivity index (χ2n) is 6.73. The Morgan fingerprint density at radius 2 is 1.71 bits per heavy atom. The summed E-state index contributed by atoms with van der Waals surface area (Å²) in [5.41, 5.74) is 3.79. The first-order valence-corrected chi connectivity index (χ1v) is 10.4. The summed E-state index contributed by atoms with van der Waals surface area (Å²) in [5, 5.41) is 6.71. The number of hydrogen-bond donors (Lipinski definition) is 1. The third-order valence-corrected chi connectivity index (χ3v) is 5.69. The van der Waals surface area contributed by atoms with Crippen molar-refractivity contribution in [3.05, 3.63) is 83.0 Å². The fourth-order valence-corrected chi connectivity index (χ4v) is 4.05. The number of rotatable bonds is 8. The van der Waals surface area contributed by atoms with E-state index in [4.69, 9.17) is 4.74 Å². The van der Waals surface area contributed by atoms with Gasteiger partial charge in [-0.1, -0.05) is 42.5 Å². The Hall–Kier alpha value is -2.92. The van der Waals surface area contributed by atoms with E-state index in [0.29, 0.717) is 6.61 Å². The number of aryl methyl sites for hydroxylation is 1. The first-order valence-electron chi connectivity index (χ1n) is 9.48. The van der Waals surface area contributed by atoms with Gasteiger partial charge in [0, 0.05) is 13.0 Å². The maximum Gasteiger partial charge on any atom is 0.138 e. The van der Waals surface area contributed by atoms with E-state index in [1.54, 1.807) is 17.7 Å². The number of hydrogen-bond acceptors (Lipinski definition) is 5. The van der Waals surface area contributed by atoms with Gasteiger partial charge in [0.05, 0.1) is 12.0 Å². The summed E-state index contributed by atoms with van der Waals surface area (Å²) in [6, 6.07) is 18.8. The standard InChI is InChI=1S/C23H23N3OS/c1-17-15-28-23-21(17)22(25-16-26-23)24-13-11-19-7-9-20(10-8-19)27-14-12-18-5-3-2-4-6-18/h2-10,15-16H,11-14H2,1H3,(H,24,25,26). The van der Waals surface area contributed by atoms with Crippen LogP contribution in [0, 0.1) is 6.92 Å². The normalized spacial score (nSPS) is 10.9. The maximum atomic E-state index is 5.86. The smallest absolute Gasteiger partial charge is 0.138 e. The number of nitrogens with zero attached hydrogens (tertiary/aromatic N) is 2. The lowest BCUT2D eigenvalue weighted by atomic mass is 10.1. The van der Waals surface area contributed by atoms with Crippen LogP contribution in [0.25, 0.3) is 10.2 Å². The zero-order chi connectivity index (χ0) is 19.2. The average molecular weight is 390 g/mol. The Morgan fingerprint density at radius 1 is 0.929 bits per heavy atom. The average Bonchev–Trinajstić information content (AvgIpc) is 3.12. The van der Waals surface area contributed by atoms with Crippen LogP contribution in [0.5, 0.6) is 5.75 Å². The molecule has 0 aliphatic carbocycles. The Bertz CT molecular complexity index is 1030. The van der Waals surface area contributed by atoms with Crippen LogP contribution in [-0.4, -0.2) is 23.1 Å². The molecule has 4 nitrogen and oxygen atoms in total. The summed E-state index contributed by atoms with van der Waals surface area (Å²) >= 11 is 1.66. The Morgan fingerprint density at radius 3 is 2.54 bits per heavy atom. The Balaban J connectivity index is 1.27. The molecular weight excluding hydrogens is 366 g/mol. The predicted molar refractivity (Wildman–Crippen MR) is 116 cm³/mol. The molecule has 0 aliphatic heterocycles. The van der Waals surface area contributed by atoms with Gasteiger partial charge in [0.1, 0.15) is 22.7 Å². The molecule has 0 amide bonds. The maximum absolute atomic E-state index is 5.86. The van der Waals surface area contributed by atoms with E-state index in [1.807, 2.05) is 18.2 Å². The second-order valence-corrected chi connectivity index (χ2v) is 7.58. The van der Waals surface area contributed by atoms with Crippen LogP contribution in [0.1, 0.15) is 16.7 Å². The molecule has 2 aromatic heterocycles. The van der Waals surface area contributed by atoms with Gasteiger partial charge in [0.15, 0.2) is 0 Å². The molecule has 0 atom stereocenters. The molecule has 2 aromatic carbocycles.